The van der Waals surface area contributed by atoms with E-state index in [9.17, 15) is 14.9 Å². The van der Waals surface area contributed by atoms with Crippen LogP contribution in [0, 0.1) is 23.0 Å². The van der Waals surface area contributed by atoms with E-state index in [4.69, 9.17) is 4.74 Å². The first kappa shape index (κ1) is 17.8. The number of nitro benzene ring substituents is 1. The van der Waals surface area contributed by atoms with E-state index < -0.39 is 0 Å². The highest BCUT2D eigenvalue weighted by molar-refractivity contribution is 5.79. The number of nitrogens with zero attached hydrogens (tertiary/aromatic N) is 3. The van der Waals surface area contributed by atoms with Crippen LogP contribution in [0.2, 0.25) is 0 Å². The number of carbonyl (C=O) groups is 1. The number of ether oxygens (including phenoxy) is 1. The highest BCUT2D eigenvalue weighted by atomic mass is 16.6. The minimum Gasteiger partial charge on any atom is -0.378 e. The van der Waals surface area contributed by atoms with E-state index in [2.05, 4.69) is 4.90 Å². The number of rotatable bonds is 4. The molecule has 2 aliphatic heterocycles. The lowest BCUT2D eigenvalue weighted by Gasteiger charge is -2.35. The number of hydrogen-bond acceptors (Lipinski definition) is 5. The van der Waals surface area contributed by atoms with E-state index in [1.807, 2.05) is 17.0 Å². The first-order valence-electron chi connectivity index (χ1n) is 8.87. The van der Waals surface area contributed by atoms with Gasteiger partial charge in [-0.3, -0.25) is 19.8 Å². The maximum absolute atomic E-state index is 12.6. The Morgan fingerprint density at radius 2 is 1.92 bits per heavy atom. The second-order valence-electron chi connectivity index (χ2n) is 6.87. The summed E-state index contributed by atoms with van der Waals surface area (Å²) in [5, 5.41) is 11.1. The van der Waals surface area contributed by atoms with Gasteiger partial charge in [-0.2, -0.15) is 0 Å². The molecule has 25 heavy (non-hydrogen) atoms. The van der Waals surface area contributed by atoms with E-state index >= 15 is 0 Å². The zero-order valence-corrected chi connectivity index (χ0v) is 14.6. The Balaban J connectivity index is 1.53. The molecule has 2 saturated heterocycles. The van der Waals surface area contributed by atoms with Crippen molar-refractivity contribution in [2.24, 2.45) is 5.92 Å². The second-order valence-corrected chi connectivity index (χ2v) is 6.87. The first-order chi connectivity index (χ1) is 12.0. The topological polar surface area (TPSA) is 75.9 Å². The van der Waals surface area contributed by atoms with E-state index in [1.165, 1.54) is 0 Å². The van der Waals surface area contributed by atoms with Crippen molar-refractivity contribution in [1.82, 2.24) is 9.80 Å². The zero-order chi connectivity index (χ0) is 17.8. The fourth-order valence-electron chi connectivity index (χ4n) is 3.59. The average Bonchev–Trinajstić information content (AvgIpc) is 2.64. The Bertz CT molecular complexity index is 635. The Kier molecular flexibility index (Phi) is 5.65. The number of amides is 1. The number of morpholine rings is 1. The predicted octanol–water partition coefficient (Wildman–Crippen LogP) is 1.97. The summed E-state index contributed by atoms with van der Waals surface area (Å²) in [6, 6.07) is 5.43. The van der Waals surface area contributed by atoms with Crippen LogP contribution in [0.15, 0.2) is 18.2 Å². The molecular formula is C18H25N3O4. The Labute approximate surface area is 147 Å². The molecule has 0 spiro atoms. The van der Waals surface area contributed by atoms with E-state index in [0.29, 0.717) is 38.4 Å². The molecule has 7 nitrogen and oxygen atoms in total. The Morgan fingerprint density at radius 1 is 1.24 bits per heavy atom. The van der Waals surface area contributed by atoms with Crippen molar-refractivity contribution in [2.45, 2.75) is 26.3 Å². The molecule has 0 radical (unpaired) electrons. The molecule has 0 N–H and O–H groups in total. The minimum atomic E-state index is -0.327. The summed E-state index contributed by atoms with van der Waals surface area (Å²) >= 11 is 0. The van der Waals surface area contributed by atoms with Gasteiger partial charge in [0.15, 0.2) is 0 Å². The van der Waals surface area contributed by atoms with Gasteiger partial charge in [-0.15, -0.1) is 0 Å². The number of nitro groups is 1. The van der Waals surface area contributed by atoms with Crippen LogP contribution in [-0.2, 0) is 16.1 Å². The molecule has 0 bridgehead atoms. The van der Waals surface area contributed by atoms with Gasteiger partial charge >= 0.3 is 0 Å². The normalized spacial score (nSPS) is 19.8. The van der Waals surface area contributed by atoms with Crippen LogP contribution in [0.25, 0.3) is 0 Å². The molecule has 136 valence electrons. The van der Waals surface area contributed by atoms with Crippen molar-refractivity contribution in [2.75, 3.05) is 39.4 Å². The summed E-state index contributed by atoms with van der Waals surface area (Å²) < 4.78 is 5.31. The number of carbonyl (C=O) groups excluding carboxylic acids is 1. The number of aryl methyl sites for hydroxylation is 1. The van der Waals surface area contributed by atoms with E-state index in [1.54, 1.807) is 13.0 Å². The van der Waals surface area contributed by atoms with Crippen LogP contribution in [-0.4, -0.2) is 60.0 Å². The van der Waals surface area contributed by atoms with Crippen LogP contribution in [0.3, 0.4) is 0 Å². The quantitative estimate of drug-likeness (QED) is 0.615. The summed E-state index contributed by atoms with van der Waals surface area (Å²) in [4.78, 5) is 27.5. The third kappa shape index (κ3) is 4.35. The number of hydrogen-bond donors (Lipinski definition) is 0. The molecule has 2 heterocycles. The average molecular weight is 347 g/mol. The van der Waals surface area contributed by atoms with Crippen LogP contribution < -0.4 is 0 Å². The Morgan fingerprint density at radius 3 is 2.56 bits per heavy atom. The highest BCUT2D eigenvalue weighted by Gasteiger charge is 2.29. The van der Waals surface area contributed by atoms with Gasteiger partial charge < -0.3 is 9.64 Å². The monoisotopic (exact) mass is 347 g/mol. The summed E-state index contributed by atoms with van der Waals surface area (Å²) in [6.07, 6.45) is 1.70. The molecule has 0 unspecified atom stereocenters. The van der Waals surface area contributed by atoms with Crippen LogP contribution in [0.4, 0.5) is 5.69 Å². The van der Waals surface area contributed by atoms with Crippen molar-refractivity contribution < 1.29 is 14.5 Å². The summed E-state index contributed by atoms with van der Waals surface area (Å²) in [5.41, 5.74) is 1.81. The fraction of sp³-hybridized carbons (Fsp3) is 0.611. The third-order valence-electron chi connectivity index (χ3n) is 5.14. The van der Waals surface area contributed by atoms with Gasteiger partial charge in [-0.25, -0.2) is 0 Å². The lowest BCUT2D eigenvalue weighted by Crippen LogP contribution is -2.46. The molecule has 0 aromatic heterocycles. The summed E-state index contributed by atoms with van der Waals surface area (Å²) in [6.45, 7) is 6.82. The highest BCUT2D eigenvalue weighted by Crippen LogP contribution is 2.24. The predicted molar refractivity (Wildman–Crippen MR) is 93.2 cm³/mol. The van der Waals surface area contributed by atoms with Gasteiger partial charge in [0.2, 0.25) is 5.91 Å². The van der Waals surface area contributed by atoms with Crippen molar-refractivity contribution in [3.05, 3.63) is 39.4 Å². The van der Waals surface area contributed by atoms with Crippen LogP contribution in [0.5, 0.6) is 0 Å². The van der Waals surface area contributed by atoms with Crippen molar-refractivity contribution >= 4 is 11.6 Å². The molecule has 0 atom stereocenters. The first-order valence-corrected chi connectivity index (χ1v) is 8.87. The maximum Gasteiger partial charge on any atom is 0.272 e. The Hall–Kier alpha value is -1.99. The lowest BCUT2D eigenvalue weighted by atomic mass is 9.94. The summed E-state index contributed by atoms with van der Waals surface area (Å²) in [5.74, 6) is 0.357. The van der Waals surface area contributed by atoms with E-state index in [-0.39, 0.29) is 22.4 Å². The number of benzene rings is 1. The van der Waals surface area contributed by atoms with Gasteiger partial charge in [0.05, 0.1) is 18.1 Å². The maximum atomic E-state index is 12.6. The van der Waals surface area contributed by atoms with Crippen molar-refractivity contribution in [3.63, 3.8) is 0 Å². The van der Waals surface area contributed by atoms with Gasteiger partial charge in [0.25, 0.3) is 5.69 Å². The van der Waals surface area contributed by atoms with Gasteiger partial charge in [-0.1, -0.05) is 12.1 Å². The second kappa shape index (κ2) is 7.93. The zero-order valence-electron chi connectivity index (χ0n) is 14.6. The molecule has 0 saturated carbocycles. The molecular weight excluding hydrogens is 322 g/mol. The molecule has 0 aliphatic carbocycles. The molecule has 1 aromatic carbocycles. The molecule has 2 fully saturated rings. The standard InChI is InChI=1S/C18H25N3O4/c1-14-2-3-15(12-17(14)21(23)24)13-19-6-4-16(5-7-19)18(22)20-8-10-25-11-9-20/h2-3,12,16H,4-11,13H2,1H3. The minimum absolute atomic E-state index is 0.0988. The third-order valence-corrected chi connectivity index (χ3v) is 5.14. The van der Waals surface area contributed by atoms with Crippen LogP contribution >= 0.6 is 0 Å². The van der Waals surface area contributed by atoms with Gasteiger partial charge in [-0.05, 0) is 38.4 Å². The van der Waals surface area contributed by atoms with Gasteiger partial charge in [0.1, 0.15) is 0 Å². The fourth-order valence-corrected chi connectivity index (χ4v) is 3.59. The smallest absolute Gasteiger partial charge is 0.272 e. The molecule has 2 aliphatic rings. The largest absolute Gasteiger partial charge is 0.378 e. The summed E-state index contributed by atoms with van der Waals surface area (Å²) in [7, 11) is 0. The molecule has 7 heteroatoms. The number of piperidine rings is 1. The lowest BCUT2D eigenvalue weighted by molar-refractivity contribution is -0.385. The SMILES string of the molecule is Cc1ccc(CN2CCC(C(=O)N3CCOCC3)CC2)cc1[N+](=O)[O-]. The molecule has 1 aromatic rings. The molecule has 1 amide bonds. The molecule has 3 rings (SSSR count). The van der Waals surface area contributed by atoms with E-state index in [0.717, 1.165) is 31.5 Å². The van der Waals surface area contributed by atoms with Crippen LogP contribution in [0.1, 0.15) is 24.0 Å². The number of likely N-dealkylation sites (tertiary alicyclic amines) is 1. The van der Waals surface area contributed by atoms with Gasteiger partial charge in [0, 0.05) is 37.2 Å². The van der Waals surface area contributed by atoms with Crippen molar-refractivity contribution in [1.29, 1.82) is 0 Å². The van der Waals surface area contributed by atoms with Crippen molar-refractivity contribution in [3.8, 4) is 0 Å².